The Kier molecular flexibility index (Phi) is 5.96. The third-order valence-corrected chi connectivity index (χ3v) is 7.71. The summed E-state index contributed by atoms with van der Waals surface area (Å²) in [6, 6.07) is 7.38. The molecule has 2 fully saturated rings. The first-order chi connectivity index (χ1) is 14.5. The molecule has 1 aromatic carbocycles. The number of likely N-dealkylation sites (tertiary alicyclic amines) is 1. The van der Waals surface area contributed by atoms with Crippen molar-refractivity contribution in [2.45, 2.75) is 76.8 Å². The lowest BCUT2D eigenvalue weighted by Crippen LogP contribution is -2.53. The fourth-order valence-electron chi connectivity index (χ4n) is 5.60. The van der Waals surface area contributed by atoms with Crippen molar-refractivity contribution >= 4 is 17.0 Å². The number of fused-ring (bicyclic) bond motifs is 1. The van der Waals surface area contributed by atoms with E-state index >= 15 is 0 Å². The molecule has 2 aliphatic rings. The van der Waals surface area contributed by atoms with E-state index in [9.17, 15) is 14.7 Å². The average molecular weight is 412 g/mol. The fourth-order valence-corrected chi connectivity index (χ4v) is 5.60. The highest BCUT2D eigenvalue weighted by molar-refractivity contribution is 5.88. The highest BCUT2D eigenvalue weighted by Gasteiger charge is 2.39. The van der Waals surface area contributed by atoms with Gasteiger partial charge >= 0.3 is 5.97 Å². The molecule has 6 heteroatoms. The van der Waals surface area contributed by atoms with Gasteiger partial charge in [-0.1, -0.05) is 45.2 Å². The molecule has 0 amide bonds. The summed E-state index contributed by atoms with van der Waals surface area (Å²) < 4.78 is 1.70. The Balaban J connectivity index is 1.61. The summed E-state index contributed by atoms with van der Waals surface area (Å²) in [6.45, 7) is 6.53. The molecule has 2 aromatic rings. The monoisotopic (exact) mass is 411 g/mol. The number of rotatable bonds is 7. The van der Waals surface area contributed by atoms with Gasteiger partial charge in [0.05, 0.1) is 11.0 Å². The summed E-state index contributed by atoms with van der Waals surface area (Å²) in [5.74, 6) is -0.388. The lowest BCUT2D eigenvalue weighted by atomic mass is 9.72. The molecular formula is C24H33N3O3. The molecule has 162 valence electrons. The van der Waals surface area contributed by atoms with Crippen LogP contribution < -0.4 is 5.56 Å². The highest BCUT2D eigenvalue weighted by Crippen LogP contribution is 2.41. The first kappa shape index (κ1) is 21.0. The zero-order valence-corrected chi connectivity index (χ0v) is 18.1. The van der Waals surface area contributed by atoms with Crippen LogP contribution in [0.3, 0.4) is 0 Å². The number of hydrogen-bond acceptors (Lipinski definition) is 4. The normalized spacial score (nSPS) is 19.1. The number of aromatic carboxylic acids is 1. The molecule has 0 spiro atoms. The molecule has 1 aromatic heterocycles. The Labute approximate surface area is 177 Å². The van der Waals surface area contributed by atoms with E-state index in [1.54, 1.807) is 10.6 Å². The van der Waals surface area contributed by atoms with Gasteiger partial charge in [-0.2, -0.15) is 0 Å². The number of carbonyl (C=O) groups is 1. The van der Waals surface area contributed by atoms with Crippen molar-refractivity contribution in [3.8, 4) is 0 Å². The van der Waals surface area contributed by atoms with E-state index in [1.807, 2.05) is 18.2 Å². The van der Waals surface area contributed by atoms with Crippen molar-refractivity contribution in [1.82, 2.24) is 14.5 Å². The van der Waals surface area contributed by atoms with Gasteiger partial charge in [0.15, 0.2) is 0 Å². The van der Waals surface area contributed by atoms with Crippen LogP contribution in [0.1, 0.15) is 81.7 Å². The molecule has 2 heterocycles. The topological polar surface area (TPSA) is 75.4 Å². The third-order valence-electron chi connectivity index (χ3n) is 7.71. The van der Waals surface area contributed by atoms with Crippen LogP contribution in [0, 0.1) is 5.92 Å². The number of aromatic nitrogens is 2. The molecule has 0 radical (unpaired) electrons. The maximum atomic E-state index is 13.0. The van der Waals surface area contributed by atoms with E-state index in [2.05, 4.69) is 23.7 Å². The second kappa shape index (κ2) is 8.50. The maximum absolute atomic E-state index is 13.0. The molecule has 1 saturated carbocycles. The van der Waals surface area contributed by atoms with Crippen molar-refractivity contribution in [1.29, 1.82) is 0 Å². The Morgan fingerprint density at radius 2 is 1.80 bits per heavy atom. The zero-order valence-electron chi connectivity index (χ0n) is 18.1. The number of para-hydroxylation sites is 2. The van der Waals surface area contributed by atoms with Crippen molar-refractivity contribution in [2.24, 2.45) is 5.92 Å². The van der Waals surface area contributed by atoms with Gasteiger partial charge in [-0.05, 0) is 50.2 Å². The summed E-state index contributed by atoms with van der Waals surface area (Å²) in [7, 11) is 0. The van der Waals surface area contributed by atoms with Crippen LogP contribution in [0.5, 0.6) is 0 Å². The molecule has 1 saturated heterocycles. The number of carboxylic acids is 1. The van der Waals surface area contributed by atoms with Crippen LogP contribution >= 0.6 is 0 Å². The van der Waals surface area contributed by atoms with E-state index in [0.29, 0.717) is 5.52 Å². The smallest absolute Gasteiger partial charge is 0.360 e. The molecule has 30 heavy (non-hydrogen) atoms. The number of carboxylic acid groups (broad SMARTS) is 1. The van der Waals surface area contributed by atoms with E-state index in [4.69, 9.17) is 0 Å². The fraction of sp³-hybridized carbons (Fsp3) is 0.625. The lowest BCUT2D eigenvalue weighted by Gasteiger charge is -2.49. The van der Waals surface area contributed by atoms with Gasteiger partial charge in [-0.25, -0.2) is 9.78 Å². The minimum Gasteiger partial charge on any atom is -0.476 e. The standard InChI is InChI=1S/C24H33N3O3/c1-3-24(4-2,16-17-8-7-9-17)26-14-12-18(13-15-26)27-20-11-6-5-10-19(20)25-21(22(27)28)23(29)30/h5-6,10-11,17-18H,3-4,7-9,12-16H2,1-2H3,(H,29,30). The summed E-state index contributed by atoms with van der Waals surface area (Å²) in [5, 5.41) is 9.49. The lowest BCUT2D eigenvalue weighted by molar-refractivity contribution is 0.0148. The third kappa shape index (κ3) is 3.66. The number of nitrogens with zero attached hydrogens (tertiary/aromatic N) is 3. The molecule has 0 atom stereocenters. The summed E-state index contributed by atoms with van der Waals surface area (Å²) in [4.78, 5) is 31.4. The first-order valence-electron chi connectivity index (χ1n) is 11.5. The van der Waals surface area contributed by atoms with Gasteiger partial charge in [-0.3, -0.25) is 9.69 Å². The Morgan fingerprint density at radius 1 is 1.13 bits per heavy atom. The second-order valence-corrected chi connectivity index (χ2v) is 9.08. The minimum absolute atomic E-state index is 0.00913. The van der Waals surface area contributed by atoms with Crippen molar-refractivity contribution in [3.63, 3.8) is 0 Å². The SMILES string of the molecule is CCC(CC)(CC1CCC1)N1CCC(n2c(=O)c(C(=O)O)nc3ccccc32)CC1. The van der Waals surface area contributed by atoms with Crippen LogP contribution in [0.2, 0.25) is 0 Å². The second-order valence-electron chi connectivity index (χ2n) is 9.08. The van der Waals surface area contributed by atoms with Crippen LogP contribution in [-0.2, 0) is 0 Å². The van der Waals surface area contributed by atoms with E-state index in [0.717, 1.165) is 50.2 Å². The van der Waals surface area contributed by atoms with Crippen LogP contribution in [-0.4, -0.2) is 44.2 Å². The van der Waals surface area contributed by atoms with Crippen molar-refractivity contribution in [2.75, 3.05) is 13.1 Å². The number of piperidine rings is 1. The van der Waals surface area contributed by atoms with Gasteiger partial charge in [0.1, 0.15) is 0 Å². The predicted molar refractivity (Wildman–Crippen MR) is 118 cm³/mol. The quantitative estimate of drug-likeness (QED) is 0.727. The van der Waals surface area contributed by atoms with Crippen LogP contribution in [0.15, 0.2) is 29.1 Å². The van der Waals surface area contributed by atoms with Gasteiger partial charge in [-0.15, -0.1) is 0 Å². The van der Waals surface area contributed by atoms with E-state index in [-0.39, 0.29) is 17.3 Å². The molecule has 0 bridgehead atoms. The van der Waals surface area contributed by atoms with Crippen LogP contribution in [0.4, 0.5) is 0 Å². The average Bonchev–Trinajstić information content (AvgIpc) is 2.73. The van der Waals surface area contributed by atoms with E-state index in [1.165, 1.54) is 25.7 Å². The molecule has 4 rings (SSSR count). The molecule has 1 N–H and O–H groups in total. The molecular weight excluding hydrogens is 378 g/mol. The van der Waals surface area contributed by atoms with Gasteiger partial charge < -0.3 is 9.67 Å². The summed E-state index contributed by atoms with van der Waals surface area (Å²) >= 11 is 0. The first-order valence-corrected chi connectivity index (χ1v) is 11.5. The van der Waals surface area contributed by atoms with Gasteiger partial charge in [0.2, 0.25) is 5.69 Å². The Morgan fingerprint density at radius 3 is 2.37 bits per heavy atom. The maximum Gasteiger partial charge on any atom is 0.360 e. The van der Waals surface area contributed by atoms with Crippen molar-refractivity contribution < 1.29 is 9.90 Å². The summed E-state index contributed by atoms with van der Waals surface area (Å²) in [6.07, 6.45) is 9.44. The predicted octanol–water partition coefficient (Wildman–Crippen LogP) is 4.48. The van der Waals surface area contributed by atoms with Crippen molar-refractivity contribution in [3.05, 3.63) is 40.3 Å². The van der Waals surface area contributed by atoms with Gasteiger partial charge in [0.25, 0.3) is 5.56 Å². The highest BCUT2D eigenvalue weighted by atomic mass is 16.4. The molecule has 0 unspecified atom stereocenters. The minimum atomic E-state index is -1.26. The number of benzene rings is 1. The van der Waals surface area contributed by atoms with Crippen LogP contribution in [0.25, 0.3) is 11.0 Å². The zero-order chi connectivity index (χ0) is 21.3. The molecule has 6 nitrogen and oxygen atoms in total. The Bertz CT molecular complexity index is 967. The number of hydrogen-bond donors (Lipinski definition) is 1. The molecule has 1 aliphatic heterocycles. The molecule has 1 aliphatic carbocycles. The Hall–Kier alpha value is -2.21. The largest absolute Gasteiger partial charge is 0.476 e. The van der Waals surface area contributed by atoms with E-state index < -0.39 is 11.5 Å². The van der Waals surface area contributed by atoms with Gasteiger partial charge in [0, 0.05) is 24.7 Å². The summed E-state index contributed by atoms with van der Waals surface area (Å²) in [5.41, 5.74) is 0.702.